The Balaban J connectivity index is 2.06. The molecular weight excluding hydrogens is 455 g/mol. The number of rotatable bonds is 2. The predicted molar refractivity (Wildman–Crippen MR) is 120 cm³/mol. The van der Waals surface area contributed by atoms with Crippen molar-refractivity contribution in [3.05, 3.63) is 41.3 Å². The molecule has 3 aromatic rings. The molecule has 1 N–H and O–H groups in total. The van der Waals surface area contributed by atoms with Crippen LogP contribution in [0.1, 0.15) is 41.5 Å². The van der Waals surface area contributed by atoms with E-state index in [9.17, 15) is 19.1 Å². The number of carbonyl (C=O) groups excluding carboxylic acids is 2. The molecular formula is C22H24ClFN4O5. The number of aromatic nitrogens is 3. The third-order valence-electron chi connectivity index (χ3n) is 4.06. The minimum atomic E-state index is -1.01. The highest BCUT2D eigenvalue weighted by Gasteiger charge is 2.35. The van der Waals surface area contributed by atoms with E-state index >= 15 is 0 Å². The fourth-order valence-electron chi connectivity index (χ4n) is 2.75. The van der Waals surface area contributed by atoms with Crippen molar-refractivity contribution in [2.24, 2.45) is 0 Å². The van der Waals surface area contributed by atoms with Crippen LogP contribution in [0, 0.1) is 5.82 Å². The molecule has 176 valence electrons. The Morgan fingerprint density at radius 3 is 2.18 bits per heavy atom. The fraction of sp³-hybridized carbons (Fsp3) is 0.364. The number of pyridine rings is 1. The van der Waals surface area contributed by atoms with Gasteiger partial charge in [0.25, 0.3) is 5.95 Å². The van der Waals surface area contributed by atoms with Crippen LogP contribution in [-0.4, -0.2) is 43.1 Å². The van der Waals surface area contributed by atoms with Gasteiger partial charge in [0.1, 0.15) is 11.2 Å². The summed E-state index contributed by atoms with van der Waals surface area (Å²) in [6.45, 7) is 9.90. The number of phenolic OH excluding ortho intramolecular Hbond substituents is 1. The smallest absolute Gasteiger partial charge is 0.427 e. The van der Waals surface area contributed by atoms with E-state index in [0.717, 1.165) is 0 Å². The Kier molecular flexibility index (Phi) is 6.25. The number of hydrogen-bond acceptors (Lipinski definition) is 7. The second kappa shape index (κ2) is 8.51. The van der Waals surface area contributed by atoms with Gasteiger partial charge in [-0.2, -0.15) is 4.98 Å². The van der Waals surface area contributed by atoms with Gasteiger partial charge in [-0.3, -0.25) is 0 Å². The molecule has 0 saturated carbocycles. The van der Waals surface area contributed by atoms with Gasteiger partial charge in [0.15, 0.2) is 17.2 Å². The van der Waals surface area contributed by atoms with Gasteiger partial charge < -0.3 is 14.6 Å². The van der Waals surface area contributed by atoms with Gasteiger partial charge >= 0.3 is 12.2 Å². The Bertz CT molecular complexity index is 1200. The van der Waals surface area contributed by atoms with Gasteiger partial charge in [0.2, 0.25) is 0 Å². The summed E-state index contributed by atoms with van der Waals surface area (Å²) in [4.78, 5) is 30.4. The molecule has 0 bridgehead atoms. The van der Waals surface area contributed by atoms with Crippen LogP contribution in [0.2, 0.25) is 5.02 Å². The monoisotopic (exact) mass is 478 g/mol. The summed E-state index contributed by atoms with van der Waals surface area (Å²) in [6, 6.07) is 5.78. The highest BCUT2D eigenvalue weighted by atomic mass is 35.5. The van der Waals surface area contributed by atoms with E-state index in [4.69, 9.17) is 21.1 Å². The highest BCUT2D eigenvalue weighted by molar-refractivity contribution is 6.32. The second-order valence-corrected chi connectivity index (χ2v) is 9.59. The molecule has 0 atom stereocenters. The van der Waals surface area contributed by atoms with Gasteiger partial charge in [-0.05, 0) is 71.4 Å². The number of amides is 2. The molecule has 2 amide bonds. The summed E-state index contributed by atoms with van der Waals surface area (Å²) < 4.78 is 26.5. The lowest BCUT2D eigenvalue weighted by molar-refractivity contribution is 0.0427. The highest BCUT2D eigenvalue weighted by Crippen LogP contribution is 2.34. The molecule has 0 unspecified atom stereocenters. The van der Waals surface area contributed by atoms with Crippen molar-refractivity contribution < 1.29 is 28.6 Å². The number of carbonyl (C=O) groups is 2. The van der Waals surface area contributed by atoms with E-state index < -0.39 is 35.0 Å². The zero-order valence-electron chi connectivity index (χ0n) is 19.0. The van der Waals surface area contributed by atoms with E-state index in [0.29, 0.717) is 10.5 Å². The standard InChI is InChI=1S/C22H24ClFN4O5/c1-21(2,3)32-19(30)28(20(31)33-22(4,5)6)18-25-15-11-12(9-10-27(15)26-18)13-7-8-14(23)17(29)16(13)24/h7-11,29H,1-6H3. The first kappa shape index (κ1) is 24.2. The molecule has 0 fully saturated rings. The van der Waals surface area contributed by atoms with Gasteiger partial charge in [-0.1, -0.05) is 11.6 Å². The SMILES string of the molecule is CC(C)(C)OC(=O)N(C(=O)OC(C)(C)C)c1nc2cc(-c3ccc(Cl)c(O)c3F)ccn2n1. The number of imide groups is 1. The number of nitrogens with zero attached hydrogens (tertiary/aromatic N) is 4. The van der Waals surface area contributed by atoms with Crippen molar-refractivity contribution >= 4 is 35.4 Å². The lowest BCUT2D eigenvalue weighted by Crippen LogP contribution is -2.44. The molecule has 2 heterocycles. The largest absolute Gasteiger partial charge is 0.504 e. The van der Waals surface area contributed by atoms with Crippen LogP contribution in [0.4, 0.5) is 19.9 Å². The molecule has 0 saturated heterocycles. The average molecular weight is 479 g/mol. The third-order valence-corrected chi connectivity index (χ3v) is 4.36. The number of benzene rings is 1. The van der Waals surface area contributed by atoms with Crippen LogP contribution in [0.3, 0.4) is 0 Å². The number of ether oxygens (including phenoxy) is 2. The summed E-state index contributed by atoms with van der Waals surface area (Å²) in [5.74, 6) is -1.84. The summed E-state index contributed by atoms with van der Waals surface area (Å²) in [7, 11) is 0. The van der Waals surface area contributed by atoms with Crippen LogP contribution >= 0.6 is 11.6 Å². The maximum Gasteiger partial charge on any atom is 0.427 e. The van der Waals surface area contributed by atoms with E-state index in [-0.39, 0.29) is 22.2 Å². The summed E-state index contributed by atoms with van der Waals surface area (Å²) in [5.41, 5.74) is -1.13. The number of anilines is 1. The first-order valence-electron chi connectivity index (χ1n) is 9.96. The summed E-state index contributed by atoms with van der Waals surface area (Å²) in [6.07, 6.45) is -0.558. The van der Waals surface area contributed by atoms with Crippen LogP contribution in [-0.2, 0) is 9.47 Å². The zero-order chi connectivity index (χ0) is 24.7. The molecule has 0 radical (unpaired) electrons. The van der Waals surface area contributed by atoms with E-state index in [2.05, 4.69) is 10.1 Å². The predicted octanol–water partition coefficient (Wildman–Crippen LogP) is 5.57. The maximum absolute atomic E-state index is 14.5. The lowest BCUT2D eigenvalue weighted by atomic mass is 10.1. The fourth-order valence-corrected chi connectivity index (χ4v) is 2.89. The molecule has 2 aromatic heterocycles. The molecule has 0 spiro atoms. The molecule has 11 heteroatoms. The number of hydrogen-bond donors (Lipinski definition) is 1. The van der Waals surface area contributed by atoms with E-state index in [1.165, 1.54) is 35.0 Å². The van der Waals surface area contributed by atoms with Crippen molar-refractivity contribution in [1.29, 1.82) is 0 Å². The average Bonchev–Trinajstić information content (AvgIpc) is 3.05. The molecule has 1 aromatic carbocycles. The molecule has 0 aliphatic heterocycles. The zero-order valence-corrected chi connectivity index (χ0v) is 19.8. The Morgan fingerprint density at radius 2 is 1.64 bits per heavy atom. The third kappa shape index (κ3) is 5.51. The molecule has 3 rings (SSSR count). The van der Waals surface area contributed by atoms with Crippen LogP contribution < -0.4 is 4.90 Å². The van der Waals surface area contributed by atoms with Gasteiger partial charge in [-0.15, -0.1) is 10.00 Å². The number of fused-ring (bicyclic) bond motifs is 1. The van der Waals surface area contributed by atoms with Crippen molar-refractivity contribution in [3.8, 4) is 16.9 Å². The normalized spacial score (nSPS) is 12.0. The number of halogens is 2. The summed E-state index contributed by atoms with van der Waals surface area (Å²) in [5, 5.41) is 13.8. The summed E-state index contributed by atoms with van der Waals surface area (Å²) >= 11 is 5.75. The van der Waals surface area contributed by atoms with Crippen LogP contribution in [0.5, 0.6) is 5.75 Å². The van der Waals surface area contributed by atoms with Crippen molar-refractivity contribution in [1.82, 2.24) is 14.6 Å². The van der Waals surface area contributed by atoms with Crippen molar-refractivity contribution in [2.75, 3.05) is 4.90 Å². The topological polar surface area (TPSA) is 106 Å². The second-order valence-electron chi connectivity index (χ2n) is 9.18. The minimum Gasteiger partial charge on any atom is -0.504 e. The maximum atomic E-state index is 14.5. The Labute approximate surface area is 194 Å². The molecule has 0 aliphatic carbocycles. The van der Waals surface area contributed by atoms with Gasteiger partial charge in [-0.25, -0.2) is 18.5 Å². The Morgan fingerprint density at radius 1 is 1.06 bits per heavy atom. The van der Waals surface area contributed by atoms with Crippen LogP contribution in [0.15, 0.2) is 30.5 Å². The number of aromatic hydroxyl groups is 1. The minimum absolute atomic E-state index is 0.0834. The lowest BCUT2D eigenvalue weighted by Gasteiger charge is -2.26. The van der Waals surface area contributed by atoms with Gasteiger partial charge in [0.05, 0.1) is 5.02 Å². The Hall–Kier alpha value is -3.40. The van der Waals surface area contributed by atoms with E-state index in [1.807, 2.05) is 0 Å². The molecule has 33 heavy (non-hydrogen) atoms. The van der Waals surface area contributed by atoms with Crippen molar-refractivity contribution in [3.63, 3.8) is 0 Å². The molecule has 0 aliphatic rings. The quantitative estimate of drug-likeness (QED) is 0.513. The van der Waals surface area contributed by atoms with Gasteiger partial charge in [0, 0.05) is 11.8 Å². The van der Waals surface area contributed by atoms with Crippen LogP contribution in [0.25, 0.3) is 16.8 Å². The number of phenols is 1. The first-order chi connectivity index (χ1) is 15.2. The molecule has 9 nitrogen and oxygen atoms in total. The van der Waals surface area contributed by atoms with E-state index in [1.54, 1.807) is 41.5 Å². The first-order valence-corrected chi connectivity index (χ1v) is 10.3. The van der Waals surface area contributed by atoms with Crippen molar-refractivity contribution in [2.45, 2.75) is 52.7 Å².